The molecule has 2 heterocycles. The highest BCUT2D eigenvalue weighted by atomic mass is 16.5. The molecule has 26 heavy (non-hydrogen) atoms. The van der Waals surface area contributed by atoms with Gasteiger partial charge in [0.1, 0.15) is 11.5 Å². The first-order valence-corrected chi connectivity index (χ1v) is 8.15. The predicted molar refractivity (Wildman–Crippen MR) is 94.4 cm³/mol. The molecular weight excluding hydrogens is 336 g/mol. The van der Waals surface area contributed by atoms with Crippen molar-refractivity contribution in [2.45, 2.75) is 18.8 Å². The first kappa shape index (κ1) is 17.6. The van der Waals surface area contributed by atoms with Crippen LogP contribution in [0, 0.1) is 0 Å². The van der Waals surface area contributed by atoms with Crippen LogP contribution in [0.5, 0.6) is 5.75 Å². The van der Waals surface area contributed by atoms with E-state index in [-0.39, 0.29) is 12.0 Å². The summed E-state index contributed by atoms with van der Waals surface area (Å²) in [5.41, 5.74) is 1.89. The fourth-order valence-electron chi connectivity index (χ4n) is 2.94. The molecule has 0 saturated heterocycles. The minimum Gasteiger partial charge on any atom is -0.497 e. The van der Waals surface area contributed by atoms with Crippen LogP contribution in [-0.2, 0) is 16.0 Å². The van der Waals surface area contributed by atoms with Crippen LogP contribution in [0.25, 0.3) is 0 Å². The lowest BCUT2D eigenvalue weighted by molar-refractivity contribution is -0.140. The largest absolute Gasteiger partial charge is 0.497 e. The number of hydrogen-bond donors (Lipinski definition) is 2. The third-order valence-corrected chi connectivity index (χ3v) is 4.27. The number of aromatic amines is 2. The van der Waals surface area contributed by atoms with Gasteiger partial charge in [-0.1, -0.05) is 12.1 Å². The van der Waals surface area contributed by atoms with Crippen LogP contribution >= 0.6 is 0 Å². The van der Waals surface area contributed by atoms with Crippen LogP contribution in [0.15, 0.2) is 51.9 Å². The first-order valence-electron chi connectivity index (χ1n) is 8.15. The number of ether oxygens (including phenoxy) is 2. The number of rotatable bonds is 7. The quantitative estimate of drug-likeness (QED) is 0.634. The average molecular weight is 356 g/mol. The summed E-state index contributed by atoms with van der Waals surface area (Å²) < 4.78 is 15.4. The molecule has 0 aliphatic rings. The zero-order valence-corrected chi connectivity index (χ0v) is 14.6. The molecule has 0 radical (unpaired) electrons. The molecule has 0 aliphatic heterocycles. The molecule has 1 unspecified atom stereocenters. The van der Waals surface area contributed by atoms with Gasteiger partial charge in [0.2, 0.25) is 0 Å². The number of hydrogen-bond acceptors (Lipinski definition) is 5. The van der Waals surface area contributed by atoms with Crippen molar-refractivity contribution >= 4 is 5.97 Å². The zero-order valence-electron chi connectivity index (χ0n) is 14.6. The molecule has 0 aliphatic carbocycles. The average Bonchev–Trinajstić information content (AvgIpc) is 3.31. The SMILES string of the molecule is COC(=O)CC(c1ccco1)c1c(Cc2ccc(OC)cc2)[nH][nH]c1=O. The third kappa shape index (κ3) is 3.72. The Hall–Kier alpha value is -3.22. The van der Waals surface area contributed by atoms with E-state index >= 15 is 0 Å². The standard InChI is InChI=1S/C19H20N2O5/c1-24-13-7-5-12(6-8-13)10-15-18(19(23)21-20-15)14(11-17(22)25-2)16-4-3-9-26-16/h3-9,14H,10-11H2,1-2H3,(H2,20,21,23). The van der Waals surface area contributed by atoms with Crippen molar-refractivity contribution in [2.24, 2.45) is 0 Å². The second-order valence-corrected chi connectivity index (χ2v) is 5.84. The maximum Gasteiger partial charge on any atom is 0.306 e. The van der Waals surface area contributed by atoms with Gasteiger partial charge < -0.3 is 19.0 Å². The lowest BCUT2D eigenvalue weighted by atomic mass is 9.91. The van der Waals surface area contributed by atoms with Gasteiger partial charge in [0, 0.05) is 12.1 Å². The highest BCUT2D eigenvalue weighted by molar-refractivity contribution is 5.71. The van der Waals surface area contributed by atoms with E-state index in [0.29, 0.717) is 23.4 Å². The van der Waals surface area contributed by atoms with Gasteiger partial charge in [-0.25, -0.2) is 0 Å². The summed E-state index contributed by atoms with van der Waals surface area (Å²) in [6.45, 7) is 0. The number of methoxy groups -OCH3 is 2. The maximum atomic E-state index is 12.4. The van der Waals surface area contributed by atoms with E-state index in [1.165, 1.54) is 13.4 Å². The summed E-state index contributed by atoms with van der Waals surface area (Å²) in [6.07, 6.45) is 2.03. The Morgan fingerprint density at radius 3 is 2.54 bits per heavy atom. The highest BCUT2D eigenvalue weighted by Crippen LogP contribution is 2.29. The normalized spacial score (nSPS) is 11.9. The molecule has 1 aromatic carbocycles. The molecule has 0 bridgehead atoms. The van der Waals surface area contributed by atoms with Gasteiger partial charge in [0.05, 0.1) is 38.4 Å². The van der Waals surface area contributed by atoms with Crippen LogP contribution in [0.3, 0.4) is 0 Å². The van der Waals surface area contributed by atoms with Crippen LogP contribution in [0.2, 0.25) is 0 Å². The Balaban J connectivity index is 1.95. The van der Waals surface area contributed by atoms with Gasteiger partial charge in [-0.05, 0) is 29.8 Å². The van der Waals surface area contributed by atoms with Crippen molar-refractivity contribution in [3.05, 3.63) is 75.6 Å². The van der Waals surface area contributed by atoms with Gasteiger partial charge in [0.15, 0.2) is 0 Å². The van der Waals surface area contributed by atoms with Gasteiger partial charge in [-0.15, -0.1) is 0 Å². The summed E-state index contributed by atoms with van der Waals surface area (Å²) in [7, 11) is 2.93. The Morgan fingerprint density at radius 2 is 1.92 bits per heavy atom. The molecule has 3 rings (SSSR count). The van der Waals surface area contributed by atoms with Crippen molar-refractivity contribution < 1.29 is 18.7 Å². The molecule has 3 aromatic rings. The number of aromatic nitrogens is 2. The Bertz CT molecular complexity index is 906. The second kappa shape index (κ2) is 7.77. The van der Waals surface area contributed by atoms with Crippen LogP contribution < -0.4 is 10.3 Å². The summed E-state index contributed by atoms with van der Waals surface area (Å²) in [5.74, 6) is 0.357. The van der Waals surface area contributed by atoms with Crippen molar-refractivity contribution in [3.63, 3.8) is 0 Å². The lowest BCUT2D eigenvalue weighted by Crippen LogP contribution is -2.17. The Kier molecular flexibility index (Phi) is 5.26. The fourth-order valence-corrected chi connectivity index (χ4v) is 2.94. The van der Waals surface area contributed by atoms with E-state index in [9.17, 15) is 9.59 Å². The molecule has 0 amide bonds. The van der Waals surface area contributed by atoms with Gasteiger partial charge in [-0.3, -0.25) is 14.7 Å². The van der Waals surface area contributed by atoms with Gasteiger partial charge in [-0.2, -0.15) is 0 Å². The molecule has 0 fully saturated rings. The number of nitrogens with one attached hydrogen (secondary N) is 2. The summed E-state index contributed by atoms with van der Waals surface area (Å²) >= 11 is 0. The van der Waals surface area contributed by atoms with Crippen molar-refractivity contribution in [2.75, 3.05) is 14.2 Å². The zero-order chi connectivity index (χ0) is 18.5. The lowest BCUT2D eigenvalue weighted by Gasteiger charge is -2.13. The Morgan fingerprint density at radius 1 is 1.15 bits per heavy atom. The van der Waals surface area contributed by atoms with Crippen molar-refractivity contribution in [3.8, 4) is 5.75 Å². The molecule has 7 nitrogen and oxygen atoms in total. The molecule has 0 spiro atoms. The van der Waals surface area contributed by atoms with E-state index in [1.807, 2.05) is 24.3 Å². The third-order valence-electron chi connectivity index (χ3n) is 4.27. The van der Waals surface area contributed by atoms with Gasteiger partial charge in [0.25, 0.3) is 5.56 Å². The summed E-state index contributed by atoms with van der Waals surface area (Å²) in [6, 6.07) is 11.0. The first-order chi connectivity index (χ1) is 12.6. The van der Waals surface area contributed by atoms with Gasteiger partial charge >= 0.3 is 5.97 Å². The minimum absolute atomic E-state index is 0.0144. The highest BCUT2D eigenvalue weighted by Gasteiger charge is 2.27. The topological polar surface area (TPSA) is 97.3 Å². The van der Waals surface area contributed by atoms with Crippen LogP contribution in [0.4, 0.5) is 0 Å². The fraction of sp³-hybridized carbons (Fsp3) is 0.263. The predicted octanol–water partition coefficient (Wildman–Crippen LogP) is 2.59. The van der Waals surface area contributed by atoms with E-state index in [0.717, 1.165) is 11.3 Å². The van der Waals surface area contributed by atoms with Crippen LogP contribution in [-0.4, -0.2) is 30.4 Å². The summed E-state index contributed by atoms with van der Waals surface area (Å²) in [4.78, 5) is 24.3. The maximum absolute atomic E-state index is 12.4. The molecule has 0 saturated carbocycles. The van der Waals surface area contributed by atoms with E-state index in [1.54, 1.807) is 19.2 Å². The van der Waals surface area contributed by atoms with E-state index in [4.69, 9.17) is 13.9 Å². The number of benzene rings is 1. The molecule has 7 heteroatoms. The number of H-pyrrole nitrogens is 2. The molecular formula is C19H20N2O5. The number of carbonyl (C=O) groups is 1. The Labute approximate surface area is 149 Å². The summed E-state index contributed by atoms with van der Waals surface area (Å²) in [5, 5.41) is 5.54. The van der Waals surface area contributed by atoms with E-state index in [2.05, 4.69) is 10.2 Å². The number of carbonyl (C=O) groups excluding carboxylic acids is 1. The van der Waals surface area contributed by atoms with Crippen molar-refractivity contribution in [1.29, 1.82) is 0 Å². The molecule has 136 valence electrons. The molecule has 2 N–H and O–H groups in total. The van der Waals surface area contributed by atoms with E-state index < -0.39 is 11.9 Å². The van der Waals surface area contributed by atoms with Crippen molar-refractivity contribution in [1.82, 2.24) is 10.2 Å². The smallest absolute Gasteiger partial charge is 0.306 e. The molecule has 2 aromatic heterocycles. The molecule has 1 atom stereocenters. The number of esters is 1. The van der Waals surface area contributed by atoms with Crippen LogP contribution in [0.1, 0.15) is 34.9 Å². The second-order valence-electron chi connectivity index (χ2n) is 5.84. The minimum atomic E-state index is -0.527. The number of furan rings is 1. The monoisotopic (exact) mass is 356 g/mol.